The fourth-order valence-corrected chi connectivity index (χ4v) is 2.09. The van der Waals surface area contributed by atoms with Gasteiger partial charge in [-0.25, -0.2) is 0 Å². The van der Waals surface area contributed by atoms with Gasteiger partial charge in [0.1, 0.15) is 5.75 Å². The van der Waals surface area contributed by atoms with Crippen LogP contribution in [0.3, 0.4) is 0 Å². The number of ether oxygens (including phenoxy) is 2. The van der Waals surface area contributed by atoms with Crippen molar-refractivity contribution in [1.82, 2.24) is 0 Å². The topological polar surface area (TPSA) is 52.6 Å². The number of esters is 1. The van der Waals surface area contributed by atoms with Crippen molar-refractivity contribution >= 4 is 35.0 Å². The number of benzene rings is 1. The molecule has 1 aromatic rings. The van der Waals surface area contributed by atoms with Crippen LogP contribution < -0.4 is 4.74 Å². The Balaban J connectivity index is 2.74. The first-order valence-electron chi connectivity index (χ1n) is 5.62. The van der Waals surface area contributed by atoms with Crippen LogP contribution in [0.25, 0.3) is 0 Å². The number of hydrogen-bond acceptors (Lipinski definition) is 4. The standard InChI is InChI=1S/C13H14Cl2O4/c1-18-12-6-8(9(14)7-10(12)15)11(16)4-3-5-13(17)19-2/h6-7H,3-5H2,1-2H3. The summed E-state index contributed by atoms with van der Waals surface area (Å²) in [6.07, 6.45) is 0.816. The van der Waals surface area contributed by atoms with Gasteiger partial charge in [0.15, 0.2) is 5.78 Å². The van der Waals surface area contributed by atoms with E-state index in [0.717, 1.165) is 0 Å². The molecular formula is C13H14Cl2O4. The van der Waals surface area contributed by atoms with E-state index in [1.54, 1.807) is 0 Å². The van der Waals surface area contributed by atoms with Gasteiger partial charge in [0, 0.05) is 18.4 Å². The van der Waals surface area contributed by atoms with Crippen molar-refractivity contribution in [2.24, 2.45) is 0 Å². The van der Waals surface area contributed by atoms with Gasteiger partial charge in [0.25, 0.3) is 0 Å². The smallest absolute Gasteiger partial charge is 0.305 e. The lowest BCUT2D eigenvalue weighted by Gasteiger charge is -2.08. The zero-order valence-corrected chi connectivity index (χ0v) is 12.2. The monoisotopic (exact) mass is 304 g/mol. The Hall–Kier alpha value is -1.26. The minimum absolute atomic E-state index is 0.163. The van der Waals surface area contributed by atoms with E-state index in [9.17, 15) is 9.59 Å². The molecule has 1 rings (SSSR count). The van der Waals surface area contributed by atoms with Gasteiger partial charge in [-0.2, -0.15) is 0 Å². The minimum Gasteiger partial charge on any atom is -0.495 e. The second-order valence-electron chi connectivity index (χ2n) is 3.82. The van der Waals surface area contributed by atoms with Crippen LogP contribution in [0, 0.1) is 0 Å². The second-order valence-corrected chi connectivity index (χ2v) is 4.63. The van der Waals surface area contributed by atoms with Crippen LogP contribution in [-0.4, -0.2) is 26.0 Å². The first-order chi connectivity index (χ1) is 8.99. The molecule has 0 aliphatic carbocycles. The highest BCUT2D eigenvalue weighted by Crippen LogP contribution is 2.31. The van der Waals surface area contributed by atoms with Crippen molar-refractivity contribution in [3.8, 4) is 5.75 Å². The van der Waals surface area contributed by atoms with E-state index >= 15 is 0 Å². The third-order valence-electron chi connectivity index (χ3n) is 2.55. The average molecular weight is 305 g/mol. The normalized spacial score (nSPS) is 10.1. The quantitative estimate of drug-likeness (QED) is 0.596. The number of hydrogen-bond donors (Lipinski definition) is 0. The maximum atomic E-state index is 12.0. The third kappa shape index (κ3) is 4.40. The Morgan fingerprint density at radius 2 is 1.79 bits per heavy atom. The van der Waals surface area contributed by atoms with Crippen LogP contribution in [0.2, 0.25) is 10.0 Å². The highest BCUT2D eigenvalue weighted by atomic mass is 35.5. The minimum atomic E-state index is -0.340. The summed E-state index contributed by atoms with van der Waals surface area (Å²) in [6.45, 7) is 0. The molecule has 0 heterocycles. The van der Waals surface area contributed by atoms with Gasteiger partial charge in [0.2, 0.25) is 0 Å². The highest BCUT2D eigenvalue weighted by molar-refractivity contribution is 6.37. The molecule has 0 saturated carbocycles. The zero-order valence-electron chi connectivity index (χ0n) is 10.7. The molecule has 0 aliphatic heterocycles. The van der Waals surface area contributed by atoms with Crippen molar-refractivity contribution in [2.45, 2.75) is 19.3 Å². The fraction of sp³-hybridized carbons (Fsp3) is 0.385. The number of ketones is 1. The molecule has 0 N–H and O–H groups in total. The molecule has 0 spiro atoms. The molecule has 0 saturated heterocycles. The van der Waals surface area contributed by atoms with Gasteiger partial charge >= 0.3 is 5.97 Å². The first kappa shape index (κ1) is 15.8. The Bertz CT molecular complexity index is 486. The highest BCUT2D eigenvalue weighted by Gasteiger charge is 2.15. The summed E-state index contributed by atoms with van der Waals surface area (Å²) in [5, 5.41) is 0.618. The third-order valence-corrected chi connectivity index (χ3v) is 3.16. The fourth-order valence-electron chi connectivity index (χ4n) is 1.53. The van der Waals surface area contributed by atoms with Crippen molar-refractivity contribution in [1.29, 1.82) is 0 Å². The molecule has 0 aliphatic rings. The molecule has 0 radical (unpaired) electrons. The SMILES string of the molecule is COC(=O)CCCC(=O)c1cc(OC)c(Cl)cc1Cl. The molecule has 4 nitrogen and oxygen atoms in total. The van der Waals surface area contributed by atoms with Crippen LogP contribution >= 0.6 is 23.2 Å². The van der Waals surface area contributed by atoms with Crippen molar-refractivity contribution in [2.75, 3.05) is 14.2 Å². The van der Waals surface area contributed by atoms with Gasteiger partial charge in [0.05, 0.1) is 24.3 Å². The van der Waals surface area contributed by atoms with Gasteiger partial charge < -0.3 is 9.47 Å². The Morgan fingerprint density at radius 3 is 2.37 bits per heavy atom. The molecule has 0 bridgehead atoms. The lowest BCUT2D eigenvalue weighted by Crippen LogP contribution is -2.04. The molecule has 0 atom stereocenters. The van der Waals surface area contributed by atoms with Crippen molar-refractivity contribution in [3.05, 3.63) is 27.7 Å². The molecule has 0 unspecified atom stereocenters. The molecule has 6 heteroatoms. The van der Waals surface area contributed by atoms with Gasteiger partial charge in [-0.1, -0.05) is 23.2 Å². The van der Waals surface area contributed by atoms with E-state index in [2.05, 4.69) is 4.74 Å². The number of rotatable bonds is 6. The Labute approximate surface area is 121 Å². The zero-order chi connectivity index (χ0) is 14.4. The van der Waals surface area contributed by atoms with Crippen LogP contribution in [0.5, 0.6) is 5.75 Å². The predicted octanol–water partition coefficient (Wildman–Crippen LogP) is 3.53. The van der Waals surface area contributed by atoms with Crippen LogP contribution in [-0.2, 0) is 9.53 Å². The van der Waals surface area contributed by atoms with Gasteiger partial charge in [-0.15, -0.1) is 0 Å². The maximum Gasteiger partial charge on any atom is 0.305 e. The summed E-state index contributed by atoms with van der Waals surface area (Å²) in [6, 6.07) is 2.97. The molecule has 104 valence electrons. The first-order valence-corrected chi connectivity index (χ1v) is 6.38. The maximum absolute atomic E-state index is 12.0. The van der Waals surface area contributed by atoms with E-state index in [0.29, 0.717) is 22.8 Å². The van der Waals surface area contributed by atoms with E-state index in [4.69, 9.17) is 27.9 Å². The second kappa shape index (κ2) is 7.36. The van der Waals surface area contributed by atoms with Crippen LogP contribution in [0.4, 0.5) is 0 Å². The summed E-state index contributed by atoms with van der Waals surface area (Å²) < 4.78 is 9.53. The molecule has 19 heavy (non-hydrogen) atoms. The number of carbonyl (C=O) groups excluding carboxylic acids is 2. The van der Waals surface area contributed by atoms with Crippen LogP contribution in [0.1, 0.15) is 29.6 Å². The Kier molecular flexibility index (Phi) is 6.12. The molecule has 0 fully saturated rings. The largest absolute Gasteiger partial charge is 0.495 e. The lowest BCUT2D eigenvalue weighted by atomic mass is 10.1. The number of Topliss-reactive ketones (excluding diaryl/α,β-unsaturated/α-hetero) is 1. The number of halogens is 2. The van der Waals surface area contributed by atoms with Crippen molar-refractivity contribution < 1.29 is 19.1 Å². The lowest BCUT2D eigenvalue weighted by molar-refractivity contribution is -0.140. The van der Waals surface area contributed by atoms with Gasteiger partial charge in [-0.05, 0) is 18.6 Å². The van der Waals surface area contributed by atoms with E-state index < -0.39 is 0 Å². The van der Waals surface area contributed by atoms with Gasteiger partial charge in [-0.3, -0.25) is 9.59 Å². The molecule has 0 aromatic heterocycles. The summed E-state index contributed by atoms with van der Waals surface area (Å²) in [5.74, 6) is -0.112. The average Bonchev–Trinajstić information content (AvgIpc) is 2.38. The van der Waals surface area contributed by atoms with E-state index in [1.807, 2.05) is 0 Å². The number of methoxy groups -OCH3 is 2. The molecule has 0 amide bonds. The molecule has 1 aromatic carbocycles. The Morgan fingerprint density at radius 1 is 1.11 bits per heavy atom. The predicted molar refractivity (Wildman–Crippen MR) is 73.2 cm³/mol. The van der Waals surface area contributed by atoms with E-state index in [1.165, 1.54) is 26.4 Å². The summed E-state index contributed by atoms with van der Waals surface area (Å²) in [5.41, 5.74) is 0.341. The summed E-state index contributed by atoms with van der Waals surface area (Å²) in [7, 11) is 2.77. The summed E-state index contributed by atoms with van der Waals surface area (Å²) >= 11 is 11.9. The van der Waals surface area contributed by atoms with Crippen molar-refractivity contribution in [3.63, 3.8) is 0 Å². The van der Waals surface area contributed by atoms with E-state index in [-0.39, 0.29) is 29.6 Å². The number of carbonyl (C=O) groups is 2. The van der Waals surface area contributed by atoms with Crippen LogP contribution in [0.15, 0.2) is 12.1 Å². The molecular weight excluding hydrogens is 291 g/mol. The summed E-state index contributed by atoms with van der Waals surface area (Å²) in [4.78, 5) is 22.9.